The Labute approximate surface area is 166 Å². The molecule has 1 aromatic rings. The summed E-state index contributed by atoms with van der Waals surface area (Å²) in [6.45, 7) is 7.37. The maximum atomic E-state index is 12.8. The fourth-order valence-electron chi connectivity index (χ4n) is 3.33. The van der Waals surface area contributed by atoms with Crippen molar-refractivity contribution >= 4 is 17.7 Å². The molecule has 1 atom stereocenters. The summed E-state index contributed by atoms with van der Waals surface area (Å²) in [4.78, 5) is 38.9. The normalized spacial score (nSPS) is 15.8. The van der Waals surface area contributed by atoms with E-state index in [0.717, 1.165) is 0 Å². The number of hydrogen-bond acceptors (Lipinski definition) is 4. The summed E-state index contributed by atoms with van der Waals surface area (Å²) in [6, 6.07) is 6.16. The molecule has 1 aliphatic rings. The number of benzene rings is 1. The summed E-state index contributed by atoms with van der Waals surface area (Å²) >= 11 is 0. The van der Waals surface area contributed by atoms with E-state index in [1.165, 1.54) is 0 Å². The summed E-state index contributed by atoms with van der Waals surface area (Å²) in [5.41, 5.74) is 0.476. The van der Waals surface area contributed by atoms with Gasteiger partial charge < -0.3 is 20.3 Å². The van der Waals surface area contributed by atoms with E-state index in [4.69, 9.17) is 4.74 Å². The Morgan fingerprint density at radius 3 is 2.25 bits per heavy atom. The molecule has 2 N–H and O–H groups in total. The first kappa shape index (κ1) is 21.7. The fourth-order valence-corrected chi connectivity index (χ4v) is 3.33. The van der Waals surface area contributed by atoms with E-state index in [2.05, 4.69) is 10.6 Å². The third-order valence-corrected chi connectivity index (χ3v) is 5.06. The number of amides is 3. The van der Waals surface area contributed by atoms with Crippen molar-refractivity contribution in [1.29, 1.82) is 0 Å². The molecule has 0 bridgehead atoms. The smallest absolute Gasteiger partial charge is 0.251 e. The number of piperidine rings is 1. The lowest BCUT2D eigenvalue weighted by atomic mass is 9.88. The first-order valence-corrected chi connectivity index (χ1v) is 9.80. The van der Waals surface area contributed by atoms with Crippen LogP contribution in [0.5, 0.6) is 5.75 Å². The van der Waals surface area contributed by atoms with Gasteiger partial charge in [0.25, 0.3) is 5.91 Å². The molecule has 1 aliphatic heterocycles. The molecule has 154 valence electrons. The van der Waals surface area contributed by atoms with E-state index >= 15 is 0 Å². The van der Waals surface area contributed by atoms with Gasteiger partial charge in [-0.05, 0) is 48.9 Å². The molecule has 1 aromatic carbocycles. The summed E-state index contributed by atoms with van der Waals surface area (Å²) in [6.07, 6.45) is 1.37. The third kappa shape index (κ3) is 5.97. The van der Waals surface area contributed by atoms with Crippen LogP contribution in [0.2, 0.25) is 0 Å². The van der Waals surface area contributed by atoms with Crippen LogP contribution in [-0.2, 0) is 9.59 Å². The van der Waals surface area contributed by atoms with Crippen LogP contribution in [0.1, 0.15) is 44.0 Å². The van der Waals surface area contributed by atoms with Crippen molar-refractivity contribution in [3.63, 3.8) is 0 Å². The zero-order valence-electron chi connectivity index (χ0n) is 17.2. The molecule has 7 nitrogen and oxygen atoms in total. The minimum absolute atomic E-state index is 0.00930. The molecule has 1 fully saturated rings. The van der Waals surface area contributed by atoms with Crippen LogP contribution < -0.4 is 15.4 Å². The second kappa shape index (κ2) is 10.1. The van der Waals surface area contributed by atoms with Gasteiger partial charge in [0, 0.05) is 32.1 Å². The molecule has 0 unspecified atom stereocenters. The van der Waals surface area contributed by atoms with Gasteiger partial charge in [0.1, 0.15) is 11.8 Å². The number of ether oxygens (including phenoxy) is 1. The molecular formula is C21H31N3O4. The molecular weight excluding hydrogens is 358 g/mol. The van der Waals surface area contributed by atoms with Crippen LogP contribution in [0.15, 0.2) is 24.3 Å². The molecule has 3 amide bonds. The van der Waals surface area contributed by atoms with Crippen LogP contribution in [0.3, 0.4) is 0 Å². The summed E-state index contributed by atoms with van der Waals surface area (Å²) in [7, 11) is 1.57. The standard InChI is InChI=1S/C21H31N3O4/c1-14(2)13-22-21(27)19(16-9-11-24(12-10-16)15(3)25)23-20(26)17-5-7-18(28-4)8-6-17/h5-8,14,16,19H,9-13H2,1-4H3,(H,22,27)(H,23,26)/t19-/m1/s1. The van der Waals surface area contributed by atoms with Gasteiger partial charge in [-0.1, -0.05) is 13.8 Å². The number of carbonyl (C=O) groups excluding carboxylic acids is 3. The fraction of sp³-hybridized carbons (Fsp3) is 0.571. The van der Waals surface area contributed by atoms with Gasteiger partial charge in [0.15, 0.2) is 0 Å². The van der Waals surface area contributed by atoms with E-state index in [9.17, 15) is 14.4 Å². The van der Waals surface area contributed by atoms with Crippen molar-refractivity contribution < 1.29 is 19.1 Å². The van der Waals surface area contributed by atoms with Crippen LogP contribution in [-0.4, -0.2) is 55.4 Å². The highest BCUT2D eigenvalue weighted by Crippen LogP contribution is 2.22. The highest BCUT2D eigenvalue weighted by Gasteiger charge is 2.33. The Bertz CT molecular complexity index is 679. The number of carbonyl (C=O) groups is 3. The van der Waals surface area contributed by atoms with Gasteiger partial charge in [0.2, 0.25) is 11.8 Å². The maximum absolute atomic E-state index is 12.8. The van der Waals surface area contributed by atoms with Crippen molar-refractivity contribution in [2.75, 3.05) is 26.7 Å². The molecule has 1 heterocycles. The largest absolute Gasteiger partial charge is 0.497 e. The summed E-state index contributed by atoms with van der Waals surface area (Å²) in [5, 5.41) is 5.85. The highest BCUT2D eigenvalue weighted by molar-refractivity contribution is 5.97. The molecule has 0 spiro atoms. The molecule has 0 saturated carbocycles. The molecule has 0 radical (unpaired) electrons. The average Bonchev–Trinajstić information content (AvgIpc) is 2.70. The Balaban J connectivity index is 2.09. The second-order valence-corrected chi connectivity index (χ2v) is 7.66. The highest BCUT2D eigenvalue weighted by atomic mass is 16.5. The summed E-state index contributed by atoms with van der Waals surface area (Å²) in [5.74, 6) is 0.561. The number of hydrogen-bond donors (Lipinski definition) is 2. The minimum atomic E-state index is -0.623. The second-order valence-electron chi connectivity index (χ2n) is 7.66. The number of nitrogens with one attached hydrogen (secondary N) is 2. The molecule has 0 aromatic heterocycles. The first-order chi connectivity index (χ1) is 13.3. The Morgan fingerprint density at radius 1 is 1.14 bits per heavy atom. The topological polar surface area (TPSA) is 87.7 Å². The predicted molar refractivity (Wildman–Crippen MR) is 107 cm³/mol. The van der Waals surface area contributed by atoms with Crippen LogP contribution in [0, 0.1) is 11.8 Å². The Morgan fingerprint density at radius 2 is 1.75 bits per heavy atom. The van der Waals surface area contributed by atoms with E-state index in [-0.39, 0.29) is 23.6 Å². The number of rotatable bonds is 7. The molecule has 2 rings (SSSR count). The lowest BCUT2D eigenvalue weighted by Crippen LogP contribution is -2.54. The lowest BCUT2D eigenvalue weighted by molar-refractivity contribution is -0.130. The number of likely N-dealkylation sites (tertiary alicyclic amines) is 1. The van der Waals surface area contributed by atoms with Crippen molar-refractivity contribution in [3.8, 4) is 5.75 Å². The number of methoxy groups -OCH3 is 1. The Kier molecular flexibility index (Phi) is 7.84. The van der Waals surface area contributed by atoms with E-state index in [1.807, 2.05) is 13.8 Å². The summed E-state index contributed by atoms with van der Waals surface area (Å²) < 4.78 is 5.12. The lowest BCUT2D eigenvalue weighted by Gasteiger charge is -2.35. The van der Waals surface area contributed by atoms with Crippen LogP contribution in [0.25, 0.3) is 0 Å². The van der Waals surface area contributed by atoms with Gasteiger partial charge in [-0.15, -0.1) is 0 Å². The van der Waals surface area contributed by atoms with Gasteiger partial charge >= 0.3 is 0 Å². The monoisotopic (exact) mass is 389 g/mol. The van der Waals surface area contributed by atoms with Crippen molar-refractivity contribution in [2.45, 2.75) is 39.7 Å². The number of nitrogens with zero attached hydrogens (tertiary/aromatic N) is 1. The van der Waals surface area contributed by atoms with E-state index < -0.39 is 6.04 Å². The first-order valence-electron chi connectivity index (χ1n) is 9.80. The zero-order chi connectivity index (χ0) is 20.7. The van der Waals surface area contributed by atoms with Crippen molar-refractivity contribution in [3.05, 3.63) is 29.8 Å². The Hall–Kier alpha value is -2.57. The van der Waals surface area contributed by atoms with E-state index in [0.29, 0.717) is 49.7 Å². The van der Waals surface area contributed by atoms with Crippen LogP contribution >= 0.6 is 0 Å². The van der Waals surface area contributed by atoms with Crippen molar-refractivity contribution in [1.82, 2.24) is 15.5 Å². The van der Waals surface area contributed by atoms with Gasteiger partial charge in [0.05, 0.1) is 7.11 Å². The average molecular weight is 389 g/mol. The SMILES string of the molecule is COc1ccc(C(=O)N[C@@H](C(=O)NCC(C)C)C2CCN(C(C)=O)CC2)cc1. The van der Waals surface area contributed by atoms with Gasteiger partial charge in [-0.3, -0.25) is 14.4 Å². The molecule has 28 heavy (non-hydrogen) atoms. The maximum Gasteiger partial charge on any atom is 0.251 e. The van der Waals surface area contributed by atoms with Gasteiger partial charge in [-0.2, -0.15) is 0 Å². The minimum Gasteiger partial charge on any atom is -0.497 e. The quantitative estimate of drug-likeness (QED) is 0.745. The molecule has 1 saturated heterocycles. The zero-order valence-corrected chi connectivity index (χ0v) is 17.2. The molecule has 0 aliphatic carbocycles. The van der Waals surface area contributed by atoms with Gasteiger partial charge in [-0.25, -0.2) is 0 Å². The molecule has 7 heteroatoms. The van der Waals surface area contributed by atoms with Crippen molar-refractivity contribution in [2.24, 2.45) is 11.8 Å². The third-order valence-electron chi connectivity index (χ3n) is 5.06. The van der Waals surface area contributed by atoms with E-state index in [1.54, 1.807) is 43.2 Å². The predicted octanol–water partition coefficient (Wildman–Crippen LogP) is 1.82. The van der Waals surface area contributed by atoms with Crippen LogP contribution in [0.4, 0.5) is 0 Å².